The van der Waals surface area contributed by atoms with Crippen LogP contribution in [0.2, 0.25) is 0 Å². The second kappa shape index (κ2) is 8.00. The Hall–Kier alpha value is -0.790. The summed E-state index contributed by atoms with van der Waals surface area (Å²) in [4.78, 5) is 26.4. The summed E-state index contributed by atoms with van der Waals surface area (Å²) >= 11 is 1.64. The SMILES string of the molecule is CN(CC(=O)O)CC1CN(C(=O)CSC(C)(C)C)CCO1. The Balaban J connectivity index is 2.41. The standard InChI is InChI=1S/C14H26N2O4S/c1-14(2,3)21-10-12(17)16-5-6-20-11(8-16)7-15(4)9-13(18)19/h11H,5-10H2,1-4H3,(H,18,19). The maximum Gasteiger partial charge on any atom is 0.317 e. The van der Waals surface area contributed by atoms with Crippen molar-refractivity contribution in [3.8, 4) is 0 Å². The Morgan fingerprint density at radius 1 is 1.43 bits per heavy atom. The van der Waals surface area contributed by atoms with Crippen LogP contribution in [0.4, 0.5) is 0 Å². The van der Waals surface area contributed by atoms with Crippen LogP contribution in [0.1, 0.15) is 20.8 Å². The lowest BCUT2D eigenvalue weighted by Crippen LogP contribution is -2.50. The van der Waals surface area contributed by atoms with Crippen LogP contribution in [-0.4, -0.2) is 83.2 Å². The second-order valence-electron chi connectivity index (χ2n) is 6.32. The molecule has 1 amide bonds. The minimum Gasteiger partial charge on any atom is -0.480 e. The van der Waals surface area contributed by atoms with E-state index in [4.69, 9.17) is 9.84 Å². The molecule has 1 fully saturated rings. The number of hydrogen-bond acceptors (Lipinski definition) is 5. The lowest BCUT2D eigenvalue weighted by Gasteiger charge is -2.35. The van der Waals surface area contributed by atoms with E-state index in [-0.39, 0.29) is 23.3 Å². The molecule has 7 heteroatoms. The predicted molar refractivity (Wildman–Crippen MR) is 83.7 cm³/mol. The number of morpholine rings is 1. The molecule has 0 bridgehead atoms. The molecule has 1 heterocycles. The van der Waals surface area contributed by atoms with Gasteiger partial charge in [0.1, 0.15) is 0 Å². The quantitative estimate of drug-likeness (QED) is 0.780. The molecule has 0 radical (unpaired) electrons. The van der Waals surface area contributed by atoms with Gasteiger partial charge in [-0.25, -0.2) is 0 Å². The molecule has 0 aromatic carbocycles. The van der Waals surface area contributed by atoms with Gasteiger partial charge < -0.3 is 14.7 Å². The van der Waals surface area contributed by atoms with Crippen LogP contribution in [0.3, 0.4) is 0 Å². The zero-order valence-electron chi connectivity index (χ0n) is 13.3. The summed E-state index contributed by atoms with van der Waals surface area (Å²) in [6, 6.07) is 0. The average molecular weight is 318 g/mol. The average Bonchev–Trinajstić information content (AvgIpc) is 2.34. The van der Waals surface area contributed by atoms with Crippen LogP contribution >= 0.6 is 11.8 Å². The minimum absolute atomic E-state index is 0.0202. The van der Waals surface area contributed by atoms with Crippen molar-refractivity contribution in [2.75, 3.05) is 45.6 Å². The molecule has 1 aliphatic rings. The molecule has 0 saturated carbocycles. The second-order valence-corrected chi connectivity index (χ2v) is 8.13. The Morgan fingerprint density at radius 3 is 2.67 bits per heavy atom. The molecule has 21 heavy (non-hydrogen) atoms. The van der Waals surface area contributed by atoms with Crippen molar-refractivity contribution in [2.45, 2.75) is 31.6 Å². The van der Waals surface area contributed by atoms with E-state index < -0.39 is 5.97 Å². The summed E-state index contributed by atoms with van der Waals surface area (Å²) in [6.07, 6.45) is -0.119. The monoisotopic (exact) mass is 318 g/mol. The Bertz CT molecular complexity index is 370. The van der Waals surface area contributed by atoms with Crippen molar-refractivity contribution < 1.29 is 19.4 Å². The van der Waals surface area contributed by atoms with Crippen molar-refractivity contribution in [1.82, 2.24) is 9.80 Å². The normalized spacial score (nSPS) is 19.9. The van der Waals surface area contributed by atoms with Crippen LogP contribution < -0.4 is 0 Å². The van der Waals surface area contributed by atoms with Gasteiger partial charge in [-0.15, -0.1) is 11.8 Å². The topological polar surface area (TPSA) is 70.1 Å². The van der Waals surface area contributed by atoms with Crippen molar-refractivity contribution in [2.24, 2.45) is 0 Å². The molecule has 6 nitrogen and oxygen atoms in total. The number of carboxylic acid groups (broad SMARTS) is 1. The highest BCUT2D eigenvalue weighted by atomic mass is 32.2. The van der Waals surface area contributed by atoms with Crippen molar-refractivity contribution in [3.05, 3.63) is 0 Å². The smallest absolute Gasteiger partial charge is 0.317 e. The lowest BCUT2D eigenvalue weighted by molar-refractivity contribution is -0.141. The van der Waals surface area contributed by atoms with Gasteiger partial charge in [-0.2, -0.15) is 0 Å². The minimum atomic E-state index is -0.859. The first-order chi connectivity index (χ1) is 9.67. The molecule has 0 aromatic heterocycles. The molecule has 1 aliphatic heterocycles. The van der Waals surface area contributed by atoms with Gasteiger partial charge in [-0.05, 0) is 7.05 Å². The summed E-state index contributed by atoms with van der Waals surface area (Å²) in [5.41, 5.74) is 0. The Morgan fingerprint density at radius 2 is 2.10 bits per heavy atom. The maximum absolute atomic E-state index is 12.2. The van der Waals surface area contributed by atoms with Crippen LogP contribution in [0.5, 0.6) is 0 Å². The van der Waals surface area contributed by atoms with E-state index in [0.717, 1.165) is 0 Å². The van der Waals surface area contributed by atoms with Crippen LogP contribution in [0.25, 0.3) is 0 Å². The third kappa shape index (κ3) is 7.68. The number of rotatable bonds is 6. The number of hydrogen-bond donors (Lipinski definition) is 1. The van der Waals surface area contributed by atoms with E-state index in [1.807, 2.05) is 4.90 Å². The van der Waals surface area contributed by atoms with E-state index in [1.165, 1.54) is 0 Å². The first-order valence-corrected chi connectivity index (χ1v) is 8.09. The molecule has 0 spiro atoms. The van der Waals surface area contributed by atoms with Crippen molar-refractivity contribution in [1.29, 1.82) is 0 Å². The summed E-state index contributed by atoms with van der Waals surface area (Å²) in [6.45, 7) is 8.43. The van der Waals surface area contributed by atoms with E-state index in [0.29, 0.717) is 32.0 Å². The van der Waals surface area contributed by atoms with Crippen molar-refractivity contribution >= 4 is 23.6 Å². The molecular weight excluding hydrogens is 292 g/mol. The largest absolute Gasteiger partial charge is 0.480 e. The highest BCUT2D eigenvalue weighted by molar-refractivity contribution is 8.01. The van der Waals surface area contributed by atoms with E-state index in [9.17, 15) is 9.59 Å². The van der Waals surface area contributed by atoms with E-state index in [1.54, 1.807) is 23.7 Å². The molecular formula is C14H26N2O4S. The van der Waals surface area contributed by atoms with Gasteiger partial charge in [0.15, 0.2) is 0 Å². The zero-order valence-corrected chi connectivity index (χ0v) is 14.1. The molecule has 0 aliphatic carbocycles. The molecule has 1 N–H and O–H groups in total. The number of nitrogens with zero attached hydrogens (tertiary/aromatic N) is 2. The molecule has 122 valence electrons. The number of carboxylic acids is 1. The van der Waals surface area contributed by atoms with E-state index >= 15 is 0 Å². The Labute approximate surface area is 130 Å². The molecule has 1 saturated heterocycles. The summed E-state index contributed by atoms with van der Waals surface area (Å²) in [7, 11) is 1.74. The molecule has 1 unspecified atom stereocenters. The third-order valence-electron chi connectivity index (χ3n) is 3.04. The number of amides is 1. The fraction of sp³-hybridized carbons (Fsp3) is 0.857. The maximum atomic E-state index is 12.2. The number of carbonyl (C=O) groups is 2. The number of likely N-dealkylation sites (N-methyl/N-ethyl adjacent to an activating group) is 1. The van der Waals surface area contributed by atoms with Crippen LogP contribution in [0, 0.1) is 0 Å². The van der Waals surface area contributed by atoms with Gasteiger partial charge in [0.05, 0.1) is 25.0 Å². The van der Waals surface area contributed by atoms with Gasteiger partial charge in [0.25, 0.3) is 0 Å². The van der Waals surface area contributed by atoms with Crippen LogP contribution in [-0.2, 0) is 14.3 Å². The third-order valence-corrected chi connectivity index (χ3v) is 4.30. The lowest BCUT2D eigenvalue weighted by atomic mass is 10.2. The van der Waals surface area contributed by atoms with Gasteiger partial charge >= 0.3 is 5.97 Å². The summed E-state index contributed by atoms with van der Waals surface area (Å²) < 4.78 is 5.69. The fourth-order valence-corrected chi connectivity index (χ4v) is 2.81. The number of ether oxygens (including phenoxy) is 1. The summed E-state index contributed by atoms with van der Waals surface area (Å²) in [5, 5.41) is 8.75. The van der Waals surface area contributed by atoms with Crippen LogP contribution in [0.15, 0.2) is 0 Å². The van der Waals surface area contributed by atoms with Crippen molar-refractivity contribution in [3.63, 3.8) is 0 Å². The number of aliphatic carboxylic acids is 1. The first-order valence-electron chi connectivity index (χ1n) is 7.11. The number of thioether (sulfide) groups is 1. The number of carbonyl (C=O) groups excluding carboxylic acids is 1. The van der Waals surface area contributed by atoms with Gasteiger partial charge in [-0.3, -0.25) is 14.5 Å². The fourth-order valence-electron chi connectivity index (χ4n) is 2.07. The highest BCUT2D eigenvalue weighted by Crippen LogP contribution is 2.23. The van der Waals surface area contributed by atoms with Gasteiger partial charge in [0, 0.05) is 24.4 Å². The van der Waals surface area contributed by atoms with E-state index in [2.05, 4.69) is 20.8 Å². The predicted octanol–water partition coefficient (Wildman–Crippen LogP) is 0.762. The first kappa shape index (κ1) is 18.3. The van der Waals surface area contributed by atoms with Gasteiger partial charge in [-0.1, -0.05) is 20.8 Å². The zero-order chi connectivity index (χ0) is 16.0. The molecule has 1 atom stereocenters. The molecule has 1 rings (SSSR count). The summed E-state index contributed by atoms with van der Waals surface area (Å²) in [5.74, 6) is -0.256. The molecule has 0 aromatic rings. The highest BCUT2D eigenvalue weighted by Gasteiger charge is 2.26. The van der Waals surface area contributed by atoms with Gasteiger partial charge in [0.2, 0.25) is 5.91 Å². The Kier molecular flexibility index (Phi) is 6.96.